The molecule has 1 fully saturated rings. The minimum atomic E-state index is -0.584. The van der Waals surface area contributed by atoms with Crippen LogP contribution in [0.1, 0.15) is 25.5 Å². The number of hydrogen-bond acceptors (Lipinski definition) is 3. The van der Waals surface area contributed by atoms with Crippen molar-refractivity contribution < 1.29 is 14.3 Å². The zero-order valence-electron chi connectivity index (χ0n) is 10.4. The van der Waals surface area contributed by atoms with E-state index in [1.807, 2.05) is 37.3 Å². The minimum Gasteiger partial charge on any atom is -0.439 e. The molecular weight excluding hydrogens is 230 g/mol. The van der Waals surface area contributed by atoms with Gasteiger partial charge in [-0.1, -0.05) is 36.4 Å². The zero-order chi connectivity index (χ0) is 13.1. The number of carbonyl (C=O) groups excluding carboxylic acids is 2. The lowest BCUT2D eigenvalue weighted by atomic mass is 10.0. The van der Waals surface area contributed by atoms with E-state index in [1.54, 1.807) is 13.0 Å². The lowest BCUT2D eigenvalue weighted by Crippen LogP contribution is -2.36. The maximum atomic E-state index is 11.8. The molecule has 4 heteroatoms. The van der Waals surface area contributed by atoms with Gasteiger partial charge in [0.1, 0.15) is 6.10 Å². The van der Waals surface area contributed by atoms with Crippen LogP contribution in [0.5, 0.6) is 0 Å². The number of rotatable bonds is 2. The fraction of sp³-hybridized carbons (Fsp3) is 0.286. The van der Waals surface area contributed by atoms with Gasteiger partial charge in [0.15, 0.2) is 0 Å². The number of imide groups is 1. The first-order valence-corrected chi connectivity index (χ1v) is 5.86. The van der Waals surface area contributed by atoms with Gasteiger partial charge in [-0.3, -0.25) is 4.79 Å². The van der Waals surface area contributed by atoms with Crippen LogP contribution in [0.25, 0.3) is 0 Å². The Morgan fingerprint density at radius 2 is 2.00 bits per heavy atom. The molecule has 2 atom stereocenters. The standard InChI is InChI=1S/C14H15NO3/c1-3-7-12(16)15-10(2)13(18-14(15)17)11-8-5-4-6-9-11/h3-10,13H,1-2H3/b7-3+. The highest BCUT2D eigenvalue weighted by atomic mass is 16.6. The number of amides is 2. The molecule has 1 aliphatic rings. The van der Waals surface area contributed by atoms with E-state index >= 15 is 0 Å². The summed E-state index contributed by atoms with van der Waals surface area (Å²) in [5.41, 5.74) is 0.897. The molecule has 1 saturated heterocycles. The molecule has 0 spiro atoms. The molecule has 1 aromatic rings. The molecule has 1 heterocycles. The van der Waals surface area contributed by atoms with Crippen molar-refractivity contribution in [2.45, 2.75) is 26.0 Å². The van der Waals surface area contributed by atoms with Crippen LogP contribution in [0, 0.1) is 0 Å². The molecule has 2 unspecified atom stereocenters. The van der Waals surface area contributed by atoms with Gasteiger partial charge in [0, 0.05) is 0 Å². The van der Waals surface area contributed by atoms with Gasteiger partial charge in [-0.15, -0.1) is 0 Å². The third-order valence-electron chi connectivity index (χ3n) is 2.94. The number of benzene rings is 1. The van der Waals surface area contributed by atoms with Crippen molar-refractivity contribution in [3.8, 4) is 0 Å². The fourth-order valence-corrected chi connectivity index (χ4v) is 2.07. The fourth-order valence-electron chi connectivity index (χ4n) is 2.07. The Labute approximate surface area is 106 Å². The SMILES string of the molecule is C/C=C/C(=O)N1C(=O)OC(c2ccccc2)C1C. The van der Waals surface area contributed by atoms with Crippen molar-refractivity contribution in [3.05, 3.63) is 48.0 Å². The first-order valence-electron chi connectivity index (χ1n) is 5.86. The van der Waals surface area contributed by atoms with Crippen molar-refractivity contribution in [1.29, 1.82) is 0 Å². The lowest BCUT2D eigenvalue weighted by Gasteiger charge is -2.17. The van der Waals surface area contributed by atoms with Gasteiger partial charge in [0.2, 0.25) is 0 Å². The van der Waals surface area contributed by atoms with Crippen molar-refractivity contribution in [2.75, 3.05) is 0 Å². The van der Waals surface area contributed by atoms with Crippen LogP contribution in [-0.2, 0) is 9.53 Å². The largest absolute Gasteiger partial charge is 0.439 e. The predicted molar refractivity (Wildman–Crippen MR) is 66.8 cm³/mol. The average molecular weight is 245 g/mol. The number of ether oxygens (including phenoxy) is 1. The molecule has 94 valence electrons. The number of hydrogen-bond donors (Lipinski definition) is 0. The number of nitrogens with zero attached hydrogens (tertiary/aromatic N) is 1. The second-order valence-electron chi connectivity index (χ2n) is 4.16. The van der Waals surface area contributed by atoms with Crippen molar-refractivity contribution >= 4 is 12.0 Å². The van der Waals surface area contributed by atoms with Gasteiger partial charge in [0.05, 0.1) is 6.04 Å². The van der Waals surface area contributed by atoms with Crippen LogP contribution in [-0.4, -0.2) is 22.9 Å². The molecule has 0 radical (unpaired) electrons. The molecule has 0 aliphatic carbocycles. The molecule has 1 aliphatic heterocycles. The van der Waals surface area contributed by atoms with Gasteiger partial charge in [-0.25, -0.2) is 9.69 Å². The highest BCUT2D eigenvalue weighted by Gasteiger charge is 2.42. The third-order valence-corrected chi connectivity index (χ3v) is 2.94. The van der Waals surface area contributed by atoms with Gasteiger partial charge < -0.3 is 4.74 Å². The Morgan fingerprint density at radius 3 is 2.61 bits per heavy atom. The molecule has 0 saturated carbocycles. The molecule has 18 heavy (non-hydrogen) atoms. The van der Waals surface area contributed by atoms with Crippen LogP contribution in [0.4, 0.5) is 4.79 Å². The maximum Gasteiger partial charge on any atom is 0.417 e. The van der Waals surface area contributed by atoms with E-state index in [4.69, 9.17) is 4.74 Å². The van der Waals surface area contributed by atoms with E-state index in [2.05, 4.69) is 0 Å². The summed E-state index contributed by atoms with van der Waals surface area (Å²) in [6.45, 7) is 3.54. The van der Waals surface area contributed by atoms with Crippen LogP contribution < -0.4 is 0 Å². The van der Waals surface area contributed by atoms with Crippen molar-refractivity contribution in [1.82, 2.24) is 4.90 Å². The minimum absolute atomic E-state index is 0.302. The number of allylic oxidation sites excluding steroid dienone is 1. The van der Waals surface area contributed by atoms with Crippen LogP contribution >= 0.6 is 0 Å². The molecule has 1 aromatic carbocycles. The monoisotopic (exact) mass is 245 g/mol. The van der Waals surface area contributed by atoms with E-state index < -0.39 is 12.2 Å². The number of carbonyl (C=O) groups is 2. The van der Waals surface area contributed by atoms with Gasteiger partial charge in [-0.2, -0.15) is 0 Å². The highest BCUT2D eigenvalue weighted by molar-refractivity contribution is 5.99. The van der Waals surface area contributed by atoms with E-state index in [0.29, 0.717) is 0 Å². The van der Waals surface area contributed by atoms with E-state index in [-0.39, 0.29) is 11.9 Å². The van der Waals surface area contributed by atoms with E-state index in [1.165, 1.54) is 6.08 Å². The Bertz CT molecular complexity index is 481. The summed E-state index contributed by atoms with van der Waals surface area (Å²) in [6, 6.07) is 9.13. The Kier molecular flexibility index (Phi) is 3.46. The topological polar surface area (TPSA) is 46.6 Å². The Morgan fingerprint density at radius 1 is 1.33 bits per heavy atom. The summed E-state index contributed by atoms with van der Waals surface area (Å²) >= 11 is 0. The summed E-state index contributed by atoms with van der Waals surface area (Å²) in [5, 5.41) is 0. The first kappa shape index (κ1) is 12.4. The predicted octanol–water partition coefficient (Wildman–Crippen LogP) is 2.67. The molecule has 4 nitrogen and oxygen atoms in total. The summed E-state index contributed by atoms with van der Waals surface area (Å²) in [6.07, 6.45) is 2.00. The van der Waals surface area contributed by atoms with Gasteiger partial charge in [0.25, 0.3) is 5.91 Å². The van der Waals surface area contributed by atoms with Crippen LogP contribution in [0.2, 0.25) is 0 Å². The van der Waals surface area contributed by atoms with Crippen molar-refractivity contribution in [2.24, 2.45) is 0 Å². The molecule has 2 rings (SSSR count). The lowest BCUT2D eigenvalue weighted by molar-refractivity contribution is -0.124. The average Bonchev–Trinajstić information content (AvgIpc) is 2.66. The second kappa shape index (κ2) is 5.04. The summed E-state index contributed by atoms with van der Waals surface area (Å²) in [7, 11) is 0. The molecular formula is C14H15NO3. The Hall–Kier alpha value is -2.10. The summed E-state index contributed by atoms with van der Waals surface area (Å²) in [4.78, 5) is 24.7. The van der Waals surface area contributed by atoms with Crippen LogP contribution in [0.3, 0.4) is 0 Å². The summed E-state index contributed by atoms with van der Waals surface area (Å²) < 4.78 is 5.27. The zero-order valence-corrected chi connectivity index (χ0v) is 10.4. The first-order chi connectivity index (χ1) is 8.65. The smallest absolute Gasteiger partial charge is 0.417 e. The molecule has 0 aromatic heterocycles. The van der Waals surface area contributed by atoms with Crippen molar-refractivity contribution in [3.63, 3.8) is 0 Å². The summed E-state index contributed by atoms with van der Waals surface area (Å²) in [5.74, 6) is -0.339. The Balaban J connectivity index is 2.24. The highest BCUT2D eigenvalue weighted by Crippen LogP contribution is 2.32. The maximum absolute atomic E-state index is 11.8. The van der Waals surface area contributed by atoms with E-state index in [9.17, 15) is 9.59 Å². The number of cyclic esters (lactones) is 1. The van der Waals surface area contributed by atoms with E-state index in [0.717, 1.165) is 10.5 Å². The van der Waals surface area contributed by atoms with Gasteiger partial charge >= 0.3 is 6.09 Å². The quantitative estimate of drug-likeness (QED) is 0.752. The molecule has 0 N–H and O–H groups in total. The van der Waals surface area contributed by atoms with Gasteiger partial charge in [-0.05, 0) is 25.5 Å². The third kappa shape index (κ3) is 2.14. The molecule has 2 amide bonds. The normalized spacial score (nSPS) is 23.4. The second-order valence-corrected chi connectivity index (χ2v) is 4.16. The van der Waals surface area contributed by atoms with Crippen LogP contribution in [0.15, 0.2) is 42.5 Å². The molecule has 0 bridgehead atoms.